The second-order valence-electron chi connectivity index (χ2n) is 15.8. The molecule has 11 rings (SSSR count). The molecule has 0 amide bonds. The zero-order valence-electron chi connectivity index (χ0n) is 32.0. The molecule has 2 heteroatoms. The van der Waals surface area contributed by atoms with Gasteiger partial charge in [-0.3, -0.25) is 0 Å². The number of rotatable bonds is 6. The van der Waals surface area contributed by atoms with Gasteiger partial charge in [0.15, 0.2) is 0 Å². The minimum Gasteiger partial charge on any atom is -0.310 e. The molecule has 0 fully saturated rings. The lowest BCUT2D eigenvalue weighted by Gasteiger charge is -2.28. The Labute approximate surface area is 333 Å². The lowest BCUT2D eigenvalue weighted by Crippen LogP contribution is -2.15. The maximum atomic E-state index is 2.42. The molecule has 0 atom stereocenters. The van der Waals surface area contributed by atoms with Gasteiger partial charge in [-0.25, -0.2) is 0 Å². The molecule has 57 heavy (non-hydrogen) atoms. The van der Waals surface area contributed by atoms with Crippen LogP contribution in [0.15, 0.2) is 206 Å². The molecule has 1 heterocycles. The summed E-state index contributed by atoms with van der Waals surface area (Å²) in [4.78, 5) is 2.42. The lowest BCUT2D eigenvalue weighted by atomic mass is 9.82. The predicted octanol–water partition coefficient (Wildman–Crippen LogP) is 15.0. The van der Waals surface area contributed by atoms with E-state index in [9.17, 15) is 0 Å². The van der Waals surface area contributed by atoms with Crippen molar-refractivity contribution in [3.05, 3.63) is 217 Å². The van der Waals surface area contributed by atoms with Crippen LogP contribution in [0.2, 0.25) is 0 Å². The molecule has 1 aromatic heterocycles. The van der Waals surface area contributed by atoms with Crippen LogP contribution in [-0.2, 0) is 5.41 Å². The third kappa shape index (κ3) is 5.40. The van der Waals surface area contributed by atoms with Gasteiger partial charge in [0.2, 0.25) is 0 Å². The monoisotopic (exact) mass is 728 g/mol. The summed E-state index contributed by atoms with van der Waals surface area (Å²) in [7, 11) is 0. The summed E-state index contributed by atoms with van der Waals surface area (Å²) in [6.45, 7) is 4.69. The molecule has 0 aliphatic heterocycles. The second-order valence-corrected chi connectivity index (χ2v) is 15.8. The summed E-state index contributed by atoms with van der Waals surface area (Å²) in [6, 6.07) is 75.7. The van der Waals surface area contributed by atoms with E-state index in [1.165, 1.54) is 77.1 Å². The number of aromatic nitrogens is 1. The molecular weight excluding hydrogens is 689 g/mol. The zero-order valence-corrected chi connectivity index (χ0v) is 32.0. The smallest absolute Gasteiger partial charge is 0.0547 e. The van der Waals surface area contributed by atoms with Crippen molar-refractivity contribution >= 4 is 49.6 Å². The molecule has 2 nitrogen and oxygen atoms in total. The highest BCUT2D eigenvalue weighted by atomic mass is 15.1. The van der Waals surface area contributed by atoms with E-state index in [0.29, 0.717) is 0 Å². The molecule has 0 N–H and O–H groups in total. The van der Waals surface area contributed by atoms with Gasteiger partial charge in [-0.1, -0.05) is 159 Å². The van der Waals surface area contributed by atoms with Gasteiger partial charge in [0.1, 0.15) is 0 Å². The van der Waals surface area contributed by atoms with E-state index in [0.717, 1.165) is 22.7 Å². The van der Waals surface area contributed by atoms with Crippen molar-refractivity contribution in [2.75, 3.05) is 4.90 Å². The first-order chi connectivity index (χ1) is 28.0. The normalized spacial score (nSPS) is 12.9. The molecule has 0 saturated carbocycles. The van der Waals surface area contributed by atoms with E-state index in [4.69, 9.17) is 0 Å². The SMILES string of the molecule is CC1(C)c2ccccc2-c2cc(N(c3cccc(-c4ccc5c6ccccc6n(-c6ccc(-c7ccccc7)cc6)c5c4)c3)c3ccc4ccccc4c3)ccc21. The Balaban J connectivity index is 1.06. The molecule has 1 aliphatic rings. The van der Waals surface area contributed by atoms with Crippen LogP contribution >= 0.6 is 0 Å². The van der Waals surface area contributed by atoms with Crippen molar-refractivity contribution in [1.82, 2.24) is 4.57 Å². The molecule has 1 aliphatic carbocycles. The highest BCUT2D eigenvalue weighted by Gasteiger charge is 2.35. The van der Waals surface area contributed by atoms with E-state index < -0.39 is 0 Å². The lowest BCUT2D eigenvalue weighted by molar-refractivity contribution is 0.660. The number of benzene rings is 9. The fourth-order valence-electron chi connectivity index (χ4n) is 9.30. The number of hydrogen-bond donors (Lipinski definition) is 0. The summed E-state index contributed by atoms with van der Waals surface area (Å²) in [6.07, 6.45) is 0. The number of nitrogens with zero attached hydrogens (tertiary/aromatic N) is 2. The Morgan fingerprint density at radius 1 is 0.368 bits per heavy atom. The van der Waals surface area contributed by atoms with E-state index in [1.54, 1.807) is 0 Å². The molecule has 0 unspecified atom stereocenters. The van der Waals surface area contributed by atoms with Crippen LogP contribution in [0, 0.1) is 0 Å². The largest absolute Gasteiger partial charge is 0.310 e. The summed E-state index contributed by atoms with van der Waals surface area (Å²) in [5, 5.41) is 4.96. The number of para-hydroxylation sites is 1. The molecule has 0 spiro atoms. The van der Waals surface area contributed by atoms with Crippen LogP contribution < -0.4 is 4.90 Å². The first kappa shape index (κ1) is 33.2. The minimum atomic E-state index is -0.0524. The number of fused-ring (bicyclic) bond motifs is 7. The van der Waals surface area contributed by atoms with Crippen LogP contribution in [-0.4, -0.2) is 4.57 Å². The fourth-order valence-corrected chi connectivity index (χ4v) is 9.30. The first-order valence-electron chi connectivity index (χ1n) is 19.8. The van der Waals surface area contributed by atoms with Gasteiger partial charge in [-0.05, 0) is 116 Å². The molecule has 0 radical (unpaired) electrons. The summed E-state index contributed by atoms with van der Waals surface area (Å²) < 4.78 is 2.41. The van der Waals surface area contributed by atoms with Gasteiger partial charge in [-0.15, -0.1) is 0 Å². The van der Waals surface area contributed by atoms with Crippen molar-refractivity contribution in [1.29, 1.82) is 0 Å². The van der Waals surface area contributed by atoms with E-state index in [-0.39, 0.29) is 5.41 Å². The quantitative estimate of drug-likeness (QED) is 0.165. The zero-order chi connectivity index (χ0) is 38.1. The highest BCUT2D eigenvalue weighted by molar-refractivity contribution is 6.10. The van der Waals surface area contributed by atoms with Crippen molar-refractivity contribution in [3.63, 3.8) is 0 Å². The van der Waals surface area contributed by atoms with Gasteiger partial charge in [0.25, 0.3) is 0 Å². The van der Waals surface area contributed by atoms with Gasteiger partial charge in [-0.2, -0.15) is 0 Å². The second kappa shape index (κ2) is 13.0. The third-order valence-electron chi connectivity index (χ3n) is 12.2. The van der Waals surface area contributed by atoms with Crippen LogP contribution in [0.5, 0.6) is 0 Å². The average Bonchev–Trinajstić information content (AvgIpc) is 3.72. The third-order valence-corrected chi connectivity index (χ3v) is 12.2. The van der Waals surface area contributed by atoms with E-state index >= 15 is 0 Å². The van der Waals surface area contributed by atoms with Crippen LogP contribution in [0.3, 0.4) is 0 Å². The summed E-state index contributed by atoms with van der Waals surface area (Å²) in [5.74, 6) is 0. The molecule has 270 valence electrons. The van der Waals surface area contributed by atoms with Gasteiger partial charge < -0.3 is 9.47 Å². The van der Waals surface area contributed by atoms with Crippen molar-refractivity contribution in [2.24, 2.45) is 0 Å². The van der Waals surface area contributed by atoms with E-state index in [2.05, 4.69) is 230 Å². The number of anilines is 3. The fraction of sp³-hybridized carbons (Fsp3) is 0.0545. The minimum absolute atomic E-state index is 0.0524. The highest BCUT2D eigenvalue weighted by Crippen LogP contribution is 2.51. The van der Waals surface area contributed by atoms with Crippen LogP contribution in [0.1, 0.15) is 25.0 Å². The Kier molecular flexibility index (Phi) is 7.55. The van der Waals surface area contributed by atoms with Crippen molar-refractivity contribution in [2.45, 2.75) is 19.3 Å². The van der Waals surface area contributed by atoms with Crippen LogP contribution in [0.4, 0.5) is 17.1 Å². The van der Waals surface area contributed by atoms with Crippen LogP contribution in [0.25, 0.3) is 71.6 Å². The molecule has 0 saturated heterocycles. The van der Waals surface area contributed by atoms with Gasteiger partial charge in [0, 0.05) is 38.9 Å². The van der Waals surface area contributed by atoms with Crippen molar-refractivity contribution < 1.29 is 0 Å². The maximum absolute atomic E-state index is 2.42. The molecule has 9 aromatic carbocycles. The maximum Gasteiger partial charge on any atom is 0.0547 e. The Morgan fingerprint density at radius 2 is 0.982 bits per heavy atom. The standard InChI is InChI=1S/C55H40N2/c1-55(2)51-21-10-8-19-47(51)50-36-46(30-32-52(50)55)56(45-29-25-38-15-6-7-16-40(38)33-45)44-18-12-17-41(34-44)42-26-31-49-48-20-9-11-22-53(48)57(54(49)35-42)43-27-23-39(24-28-43)37-13-4-3-5-14-37/h3-36H,1-2H3. The van der Waals surface area contributed by atoms with Gasteiger partial charge in [0.05, 0.1) is 11.0 Å². The molecular formula is C55H40N2. The first-order valence-corrected chi connectivity index (χ1v) is 19.8. The molecule has 10 aromatic rings. The average molecular weight is 729 g/mol. The Hall–Kier alpha value is -7.16. The van der Waals surface area contributed by atoms with Crippen molar-refractivity contribution in [3.8, 4) is 39.1 Å². The Bertz CT molecular complexity index is 3150. The topological polar surface area (TPSA) is 8.17 Å². The van der Waals surface area contributed by atoms with Gasteiger partial charge >= 0.3 is 0 Å². The molecule has 0 bridgehead atoms. The summed E-state index contributed by atoms with van der Waals surface area (Å²) >= 11 is 0. The Morgan fingerprint density at radius 3 is 1.86 bits per heavy atom. The van der Waals surface area contributed by atoms with E-state index in [1.807, 2.05) is 0 Å². The predicted molar refractivity (Wildman–Crippen MR) is 241 cm³/mol. The summed E-state index contributed by atoms with van der Waals surface area (Å²) in [5.41, 5.74) is 17.1. The number of hydrogen-bond acceptors (Lipinski definition) is 1.